The highest BCUT2D eigenvalue weighted by molar-refractivity contribution is 7.21. The van der Waals surface area contributed by atoms with Gasteiger partial charge >= 0.3 is 6.09 Å². The molecule has 0 aliphatic carbocycles. The van der Waals surface area contributed by atoms with Crippen LogP contribution in [0.15, 0.2) is 36.4 Å². The molecule has 0 spiro atoms. The van der Waals surface area contributed by atoms with Crippen LogP contribution in [0.4, 0.5) is 14.9 Å². The van der Waals surface area contributed by atoms with E-state index >= 15 is 0 Å². The van der Waals surface area contributed by atoms with E-state index in [1.165, 1.54) is 23.5 Å². The molecule has 1 heterocycles. The third kappa shape index (κ3) is 5.33. The monoisotopic (exact) mass is 429 g/mol. The molecule has 0 radical (unpaired) electrons. The zero-order valence-corrected chi connectivity index (χ0v) is 18.3. The molecule has 6 nitrogen and oxygen atoms in total. The summed E-state index contributed by atoms with van der Waals surface area (Å²) in [5.74, 6) is -0.671. The smallest absolute Gasteiger partial charge is 0.408 e. The Morgan fingerprint density at radius 2 is 1.90 bits per heavy atom. The van der Waals surface area contributed by atoms with Gasteiger partial charge < -0.3 is 15.4 Å². The van der Waals surface area contributed by atoms with Gasteiger partial charge in [-0.2, -0.15) is 0 Å². The lowest BCUT2D eigenvalue weighted by Crippen LogP contribution is -2.44. The Hall–Kier alpha value is -3.00. The van der Waals surface area contributed by atoms with Gasteiger partial charge in [0.15, 0.2) is 0 Å². The fraction of sp³-hybridized carbons (Fsp3) is 0.318. The van der Waals surface area contributed by atoms with E-state index < -0.39 is 17.7 Å². The average molecular weight is 430 g/mol. The number of anilines is 1. The normalized spacial score (nSPS) is 12.5. The number of hydrogen-bond donors (Lipinski definition) is 2. The van der Waals surface area contributed by atoms with Crippen LogP contribution in [0.25, 0.3) is 20.8 Å². The Morgan fingerprint density at radius 3 is 2.57 bits per heavy atom. The summed E-state index contributed by atoms with van der Waals surface area (Å²) in [7, 11) is 0. The van der Waals surface area contributed by atoms with Crippen LogP contribution in [0, 0.1) is 12.7 Å². The number of fused-ring (bicyclic) bond motifs is 1. The Kier molecular flexibility index (Phi) is 6.07. The van der Waals surface area contributed by atoms with Gasteiger partial charge in [0.2, 0.25) is 5.91 Å². The Morgan fingerprint density at radius 1 is 1.17 bits per heavy atom. The van der Waals surface area contributed by atoms with Crippen molar-refractivity contribution in [2.75, 3.05) is 5.32 Å². The molecule has 2 N–H and O–H groups in total. The number of alkyl carbamates (subject to hydrolysis) is 1. The number of rotatable bonds is 4. The van der Waals surface area contributed by atoms with Gasteiger partial charge in [0, 0.05) is 17.3 Å². The molecule has 0 aliphatic heterocycles. The van der Waals surface area contributed by atoms with Gasteiger partial charge in [0.1, 0.15) is 22.5 Å². The predicted molar refractivity (Wildman–Crippen MR) is 117 cm³/mol. The van der Waals surface area contributed by atoms with Crippen LogP contribution in [0.2, 0.25) is 0 Å². The molecule has 158 valence electrons. The number of halogens is 1. The summed E-state index contributed by atoms with van der Waals surface area (Å²) in [6.07, 6.45) is -0.649. The van der Waals surface area contributed by atoms with Crippen LogP contribution in [-0.4, -0.2) is 28.6 Å². The van der Waals surface area contributed by atoms with Crippen LogP contribution in [0.1, 0.15) is 33.3 Å². The van der Waals surface area contributed by atoms with E-state index in [-0.39, 0.29) is 11.7 Å². The SMILES string of the molecule is Cc1cc(-c2nc3cc(F)ccc3s2)ccc1NC(=O)[C@H](C)NC(=O)OC(C)(C)C. The van der Waals surface area contributed by atoms with Gasteiger partial charge in [-0.15, -0.1) is 11.3 Å². The van der Waals surface area contributed by atoms with Gasteiger partial charge in [-0.1, -0.05) is 0 Å². The molecule has 0 saturated heterocycles. The molecule has 1 aromatic heterocycles. The van der Waals surface area contributed by atoms with E-state index in [0.717, 1.165) is 20.8 Å². The summed E-state index contributed by atoms with van der Waals surface area (Å²) < 4.78 is 19.5. The maximum atomic E-state index is 13.4. The van der Waals surface area contributed by atoms with Crippen LogP contribution >= 0.6 is 11.3 Å². The number of amides is 2. The number of benzene rings is 2. The van der Waals surface area contributed by atoms with Crippen LogP contribution < -0.4 is 10.6 Å². The number of ether oxygens (including phenoxy) is 1. The standard InChI is InChI=1S/C22H24FN3O3S/c1-12-10-14(20-26-17-11-15(23)7-9-18(17)30-20)6-8-16(12)25-19(27)13(2)24-21(28)29-22(3,4)5/h6-11,13H,1-5H3,(H,24,28)(H,25,27)/t13-/m0/s1. The maximum absolute atomic E-state index is 13.4. The second-order valence-corrected chi connectivity index (χ2v) is 9.05. The molecular weight excluding hydrogens is 405 g/mol. The largest absolute Gasteiger partial charge is 0.444 e. The minimum Gasteiger partial charge on any atom is -0.444 e. The third-order valence-electron chi connectivity index (χ3n) is 4.21. The Bertz CT molecular complexity index is 1100. The van der Waals surface area contributed by atoms with E-state index in [4.69, 9.17) is 4.74 Å². The summed E-state index contributed by atoms with van der Waals surface area (Å²) in [5, 5.41) is 6.11. The van der Waals surface area contributed by atoms with Crippen molar-refractivity contribution < 1.29 is 18.7 Å². The van der Waals surface area contributed by atoms with Crippen molar-refractivity contribution in [2.45, 2.75) is 46.3 Å². The zero-order chi connectivity index (χ0) is 22.1. The first kappa shape index (κ1) is 21.7. The quantitative estimate of drug-likeness (QED) is 0.593. The first-order chi connectivity index (χ1) is 14.0. The molecule has 8 heteroatoms. The van der Waals surface area contributed by atoms with E-state index in [1.807, 2.05) is 19.1 Å². The zero-order valence-electron chi connectivity index (χ0n) is 17.5. The Balaban J connectivity index is 1.70. The van der Waals surface area contributed by atoms with Crippen molar-refractivity contribution in [3.63, 3.8) is 0 Å². The summed E-state index contributed by atoms with van der Waals surface area (Å²) >= 11 is 1.48. The highest BCUT2D eigenvalue weighted by Crippen LogP contribution is 2.32. The molecule has 0 aliphatic rings. The van der Waals surface area contributed by atoms with Gasteiger partial charge in [0.25, 0.3) is 0 Å². The number of aromatic nitrogens is 1. The molecule has 0 unspecified atom stereocenters. The molecule has 0 saturated carbocycles. The summed E-state index contributed by atoms with van der Waals surface area (Å²) in [6.45, 7) is 8.72. The number of hydrogen-bond acceptors (Lipinski definition) is 5. The topological polar surface area (TPSA) is 80.3 Å². The van der Waals surface area contributed by atoms with E-state index in [1.54, 1.807) is 39.8 Å². The minimum absolute atomic E-state index is 0.317. The highest BCUT2D eigenvalue weighted by atomic mass is 32.1. The van der Waals surface area contributed by atoms with Crippen molar-refractivity contribution in [2.24, 2.45) is 0 Å². The predicted octanol–water partition coefficient (Wildman–Crippen LogP) is 5.26. The second kappa shape index (κ2) is 8.39. The van der Waals surface area contributed by atoms with Crippen LogP contribution in [0.3, 0.4) is 0 Å². The van der Waals surface area contributed by atoms with Crippen LogP contribution in [-0.2, 0) is 9.53 Å². The first-order valence-corrected chi connectivity index (χ1v) is 10.3. The van der Waals surface area contributed by atoms with Crippen molar-refractivity contribution in [3.8, 4) is 10.6 Å². The van der Waals surface area contributed by atoms with E-state index in [9.17, 15) is 14.0 Å². The molecule has 1 atom stereocenters. The molecule has 2 aromatic carbocycles. The molecule has 3 aromatic rings. The lowest BCUT2D eigenvalue weighted by atomic mass is 10.1. The number of nitrogens with one attached hydrogen (secondary N) is 2. The summed E-state index contributed by atoms with van der Waals surface area (Å²) in [4.78, 5) is 28.8. The fourth-order valence-electron chi connectivity index (χ4n) is 2.75. The molecular formula is C22H24FN3O3S. The van der Waals surface area contributed by atoms with Crippen molar-refractivity contribution in [3.05, 3.63) is 47.8 Å². The molecule has 0 fully saturated rings. The summed E-state index contributed by atoms with van der Waals surface area (Å²) in [5.41, 5.74) is 2.34. The Labute approximate surface area is 178 Å². The molecule has 3 rings (SSSR count). The molecule has 2 amide bonds. The third-order valence-corrected chi connectivity index (χ3v) is 5.29. The average Bonchev–Trinajstić information content (AvgIpc) is 3.04. The van der Waals surface area contributed by atoms with E-state index in [0.29, 0.717) is 11.2 Å². The van der Waals surface area contributed by atoms with Crippen LogP contribution in [0.5, 0.6) is 0 Å². The number of carbonyl (C=O) groups is 2. The number of aryl methyl sites for hydroxylation is 1. The van der Waals surface area contributed by atoms with Crippen molar-refractivity contribution >= 4 is 39.2 Å². The molecule has 30 heavy (non-hydrogen) atoms. The summed E-state index contributed by atoms with van der Waals surface area (Å²) in [6, 6.07) is 9.33. The minimum atomic E-state index is -0.766. The number of carbonyl (C=O) groups excluding carboxylic acids is 2. The van der Waals surface area contributed by atoms with Crippen molar-refractivity contribution in [1.82, 2.24) is 10.3 Å². The first-order valence-electron chi connectivity index (χ1n) is 9.49. The number of thiazole rings is 1. The van der Waals surface area contributed by atoms with Gasteiger partial charge in [-0.3, -0.25) is 4.79 Å². The lowest BCUT2D eigenvalue weighted by molar-refractivity contribution is -0.117. The van der Waals surface area contributed by atoms with Crippen molar-refractivity contribution in [1.29, 1.82) is 0 Å². The second-order valence-electron chi connectivity index (χ2n) is 8.02. The lowest BCUT2D eigenvalue weighted by Gasteiger charge is -2.22. The maximum Gasteiger partial charge on any atom is 0.408 e. The van der Waals surface area contributed by atoms with Gasteiger partial charge in [-0.05, 0) is 70.5 Å². The molecule has 0 bridgehead atoms. The van der Waals surface area contributed by atoms with Gasteiger partial charge in [0.05, 0.1) is 10.2 Å². The van der Waals surface area contributed by atoms with E-state index in [2.05, 4.69) is 15.6 Å². The van der Waals surface area contributed by atoms with Gasteiger partial charge in [-0.25, -0.2) is 14.2 Å². The number of nitrogens with zero attached hydrogens (tertiary/aromatic N) is 1. The highest BCUT2D eigenvalue weighted by Gasteiger charge is 2.21. The fourth-order valence-corrected chi connectivity index (χ4v) is 3.69.